The van der Waals surface area contributed by atoms with Crippen molar-refractivity contribution in [2.75, 3.05) is 66.6 Å². The summed E-state index contributed by atoms with van der Waals surface area (Å²) in [6.45, 7) is 9.09. The smallest absolute Gasteiger partial charge is 0.0587 e. The molecule has 0 aliphatic carbocycles. The Morgan fingerprint density at radius 1 is 1.12 bits per heavy atom. The van der Waals surface area contributed by atoms with Crippen LogP contribution in [0.2, 0.25) is 0 Å². The normalized spacial score (nSPS) is 19.9. The third-order valence-corrected chi connectivity index (χ3v) is 3.12. The summed E-state index contributed by atoms with van der Waals surface area (Å²) in [5.41, 5.74) is 0. The van der Waals surface area contributed by atoms with E-state index in [9.17, 15) is 0 Å². The van der Waals surface area contributed by atoms with E-state index in [1.165, 1.54) is 45.6 Å². The molecule has 1 aliphatic rings. The van der Waals surface area contributed by atoms with Crippen LogP contribution in [0.1, 0.15) is 12.8 Å². The Labute approximate surface area is 99.9 Å². The maximum atomic E-state index is 4.99. The molecule has 1 aliphatic heterocycles. The zero-order valence-corrected chi connectivity index (χ0v) is 10.9. The first-order valence-corrected chi connectivity index (χ1v) is 6.43. The molecule has 1 rings (SSSR count). The minimum atomic E-state index is 0.814. The molecule has 0 atom stereocenters. The fraction of sp³-hybridized carbons (Fsp3) is 1.00. The predicted octanol–water partition coefficient (Wildman–Crippen LogP) is 0.250. The van der Waals surface area contributed by atoms with Crippen molar-refractivity contribution in [2.24, 2.45) is 0 Å². The molecule has 0 bridgehead atoms. The second-order valence-electron chi connectivity index (χ2n) is 4.59. The molecule has 1 heterocycles. The molecule has 96 valence electrons. The molecule has 0 radical (unpaired) electrons. The van der Waals surface area contributed by atoms with Crippen LogP contribution >= 0.6 is 0 Å². The predicted molar refractivity (Wildman–Crippen MR) is 67.9 cm³/mol. The Morgan fingerprint density at radius 2 is 2.00 bits per heavy atom. The van der Waals surface area contributed by atoms with Crippen LogP contribution in [0.5, 0.6) is 0 Å². The lowest BCUT2D eigenvalue weighted by molar-refractivity contribution is 0.198. The second-order valence-corrected chi connectivity index (χ2v) is 4.59. The zero-order valence-electron chi connectivity index (χ0n) is 10.9. The molecule has 16 heavy (non-hydrogen) atoms. The van der Waals surface area contributed by atoms with Crippen LogP contribution in [-0.4, -0.2) is 76.4 Å². The van der Waals surface area contributed by atoms with E-state index < -0.39 is 0 Å². The van der Waals surface area contributed by atoms with Crippen molar-refractivity contribution in [3.05, 3.63) is 0 Å². The number of likely N-dealkylation sites (N-methyl/N-ethyl adjacent to an activating group) is 1. The Balaban J connectivity index is 1.95. The molecule has 0 aromatic carbocycles. The summed E-state index contributed by atoms with van der Waals surface area (Å²) in [6.07, 6.45) is 2.56. The van der Waals surface area contributed by atoms with Crippen LogP contribution in [-0.2, 0) is 4.74 Å². The quantitative estimate of drug-likeness (QED) is 0.633. The van der Waals surface area contributed by atoms with E-state index >= 15 is 0 Å². The molecule has 4 heteroatoms. The average Bonchev–Trinajstić information content (AvgIpc) is 2.49. The van der Waals surface area contributed by atoms with E-state index in [2.05, 4.69) is 22.2 Å². The van der Waals surface area contributed by atoms with Gasteiger partial charge in [0.1, 0.15) is 0 Å². The first-order valence-electron chi connectivity index (χ1n) is 6.43. The summed E-state index contributed by atoms with van der Waals surface area (Å²) >= 11 is 0. The van der Waals surface area contributed by atoms with Crippen LogP contribution in [0.15, 0.2) is 0 Å². The first-order chi connectivity index (χ1) is 7.83. The Hall–Kier alpha value is -0.160. The molecule has 4 nitrogen and oxygen atoms in total. The van der Waals surface area contributed by atoms with Crippen molar-refractivity contribution in [1.82, 2.24) is 15.1 Å². The molecule has 0 amide bonds. The number of ether oxygens (including phenoxy) is 1. The van der Waals surface area contributed by atoms with Gasteiger partial charge in [0, 0.05) is 26.7 Å². The zero-order chi connectivity index (χ0) is 11.6. The van der Waals surface area contributed by atoms with Gasteiger partial charge in [0.15, 0.2) is 0 Å². The minimum Gasteiger partial charge on any atom is -0.383 e. The summed E-state index contributed by atoms with van der Waals surface area (Å²) in [5, 5.41) is 3.39. The van der Waals surface area contributed by atoms with Crippen molar-refractivity contribution >= 4 is 0 Å². The number of methoxy groups -OCH3 is 1. The van der Waals surface area contributed by atoms with E-state index in [1.807, 2.05) is 0 Å². The lowest BCUT2D eigenvalue weighted by atomic mass is 10.3. The van der Waals surface area contributed by atoms with Gasteiger partial charge in [0.05, 0.1) is 6.61 Å². The molecule has 0 spiro atoms. The number of hydrogen-bond donors (Lipinski definition) is 1. The lowest BCUT2D eigenvalue weighted by Crippen LogP contribution is -2.31. The van der Waals surface area contributed by atoms with Crippen molar-refractivity contribution in [3.63, 3.8) is 0 Å². The Morgan fingerprint density at radius 3 is 2.81 bits per heavy atom. The molecule has 0 unspecified atom stereocenters. The third kappa shape index (κ3) is 6.43. The van der Waals surface area contributed by atoms with Gasteiger partial charge >= 0.3 is 0 Å². The van der Waals surface area contributed by atoms with Crippen LogP contribution in [0.4, 0.5) is 0 Å². The number of hydrogen-bond acceptors (Lipinski definition) is 4. The van der Waals surface area contributed by atoms with Gasteiger partial charge in [0.2, 0.25) is 0 Å². The molecule has 1 N–H and O–H groups in total. The van der Waals surface area contributed by atoms with Crippen LogP contribution in [0, 0.1) is 0 Å². The molecule has 1 fully saturated rings. The number of nitrogens with zero attached hydrogens (tertiary/aromatic N) is 2. The maximum Gasteiger partial charge on any atom is 0.0587 e. The molecular weight excluding hydrogens is 202 g/mol. The van der Waals surface area contributed by atoms with E-state index in [1.54, 1.807) is 7.11 Å². The van der Waals surface area contributed by atoms with Gasteiger partial charge in [-0.1, -0.05) is 0 Å². The van der Waals surface area contributed by atoms with Gasteiger partial charge in [-0.2, -0.15) is 0 Å². The highest BCUT2D eigenvalue weighted by Gasteiger charge is 2.10. The first kappa shape index (κ1) is 13.9. The van der Waals surface area contributed by atoms with E-state index in [0.29, 0.717) is 0 Å². The summed E-state index contributed by atoms with van der Waals surface area (Å²) in [7, 11) is 3.96. The molecule has 0 aromatic rings. The molecule has 1 saturated heterocycles. The number of rotatable bonds is 7. The van der Waals surface area contributed by atoms with Crippen molar-refractivity contribution in [2.45, 2.75) is 12.8 Å². The van der Waals surface area contributed by atoms with E-state index in [4.69, 9.17) is 4.74 Å². The van der Waals surface area contributed by atoms with E-state index in [-0.39, 0.29) is 0 Å². The Kier molecular flexibility index (Phi) is 7.76. The van der Waals surface area contributed by atoms with Gasteiger partial charge in [-0.15, -0.1) is 0 Å². The highest BCUT2D eigenvalue weighted by atomic mass is 16.5. The van der Waals surface area contributed by atoms with Gasteiger partial charge < -0.3 is 19.9 Å². The van der Waals surface area contributed by atoms with Crippen LogP contribution in [0.25, 0.3) is 0 Å². The summed E-state index contributed by atoms with van der Waals surface area (Å²) < 4.78 is 4.99. The average molecular weight is 229 g/mol. The third-order valence-electron chi connectivity index (χ3n) is 3.12. The van der Waals surface area contributed by atoms with E-state index in [0.717, 1.165) is 19.7 Å². The van der Waals surface area contributed by atoms with Crippen molar-refractivity contribution in [1.29, 1.82) is 0 Å². The monoisotopic (exact) mass is 229 g/mol. The molecule has 0 saturated carbocycles. The summed E-state index contributed by atoms with van der Waals surface area (Å²) in [6, 6.07) is 0. The van der Waals surface area contributed by atoms with Crippen molar-refractivity contribution in [3.8, 4) is 0 Å². The highest BCUT2D eigenvalue weighted by molar-refractivity contribution is 4.67. The van der Waals surface area contributed by atoms with Gasteiger partial charge in [0.25, 0.3) is 0 Å². The summed E-state index contributed by atoms with van der Waals surface area (Å²) in [4.78, 5) is 5.01. The van der Waals surface area contributed by atoms with Crippen molar-refractivity contribution < 1.29 is 4.74 Å². The second kappa shape index (κ2) is 8.93. The number of nitrogens with one attached hydrogen (secondary N) is 1. The van der Waals surface area contributed by atoms with Gasteiger partial charge in [-0.3, -0.25) is 0 Å². The highest BCUT2D eigenvalue weighted by Crippen LogP contribution is 2.01. The maximum absolute atomic E-state index is 4.99. The van der Waals surface area contributed by atoms with Gasteiger partial charge in [-0.25, -0.2) is 0 Å². The summed E-state index contributed by atoms with van der Waals surface area (Å²) in [5.74, 6) is 0. The SMILES string of the molecule is COCCNCCCN1CCCN(C)CC1. The molecule has 0 aromatic heterocycles. The lowest BCUT2D eigenvalue weighted by Gasteiger charge is -2.19. The Bertz CT molecular complexity index is 166. The fourth-order valence-electron chi connectivity index (χ4n) is 2.05. The van der Waals surface area contributed by atoms with Crippen LogP contribution in [0.3, 0.4) is 0 Å². The largest absolute Gasteiger partial charge is 0.383 e. The fourth-order valence-corrected chi connectivity index (χ4v) is 2.05. The van der Waals surface area contributed by atoms with Crippen LogP contribution < -0.4 is 5.32 Å². The topological polar surface area (TPSA) is 27.7 Å². The molecular formula is C12H27N3O. The minimum absolute atomic E-state index is 0.814. The van der Waals surface area contributed by atoms with Gasteiger partial charge in [-0.05, 0) is 46.1 Å². The standard InChI is InChI=1S/C12H27N3O/c1-14-7-4-9-15(11-10-14)8-3-5-13-6-12-16-2/h13H,3-12H2,1-2H3.